The fraction of sp³-hybridized carbons (Fsp3) is 0.714. The molecular formula is C21H32N2O3S. The molecule has 1 aromatic rings. The molecule has 1 saturated carbocycles. The first-order valence-electron chi connectivity index (χ1n) is 10.2. The lowest BCUT2D eigenvalue weighted by Gasteiger charge is -2.33. The highest BCUT2D eigenvalue weighted by atomic mass is 32.2. The van der Waals surface area contributed by atoms with E-state index >= 15 is 0 Å². The van der Waals surface area contributed by atoms with E-state index < -0.39 is 15.2 Å². The molecule has 3 aliphatic rings. The standard InChI is InChI=1S/C21H32N2O3S/c1-14-3-4-20(15(2)9-14)27(24,25)21-19-11-18(22)10-17(19)13-23(21)12-16-5-7-26-8-6-16/h3-4,9,16-19,21H,5-8,10-13,22H2,1-2H3/t17-,18+,19+,21+/m1/s1. The second-order valence-corrected chi connectivity index (χ2v) is 10.9. The number of nitrogens with zero attached hydrogens (tertiary/aromatic N) is 1. The van der Waals surface area contributed by atoms with Gasteiger partial charge in [0.05, 0.1) is 4.90 Å². The van der Waals surface area contributed by atoms with Crippen molar-refractivity contribution in [2.24, 2.45) is 23.5 Å². The van der Waals surface area contributed by atoms with Crippen molar-refractivity contribution in [3.05, 3.63) is 29.3 Å². The normalized spacial score (nSPS) is 32.7. The summed E-state index contributed by atoms with van der Waals surface area (Å²) in [5.74, 6) is 1.10. The average Bonchev–Trinajstić information content (AvgIpc) is 3.10. The Bertz CT molecular complexity index is 789. The summed E-state index contributed by atoms with van der Waals surface area (Å²) in [5, 5.41) is -0.430. The summed E-state index contributed by atoms with van der Waals surface area (Å²) in [6.07, 6.45) is 3.83. The molecule has 2 heterocycles. The minimum absolute atomic E-state index is 0.141. The zero-order valence-electron chi connectivity index (χ0n) is 16.4. The van der Waals surface area contributed by atoms with Crippen molar-refractivity contribution in [2.75, 3.05) is 26.3 Å². The maximum Gasteiger partial charge on any atom is 0.194 e. The molecule has 6 heteroatoms. The maximum absolute atomic E-state index is 13.8. The van der Waals surface area contributed by atoms with Crippen molar-refractivity contribution in [3.63, 3.8) is 0 Å². The smallest absolute Gasteiger partial charge is 0.194 e. The molecule has 2 N–H and O–H groups in total. The van der Waals surface area contributed by atoms with Gasteiger partial charge in [-0.2, -0.15) is 0 Å². The van der Waals surface area contributed by atoms with Crippen LogP contribution in [0.25, 0.3) is 0 Å². The van der Waals surface area contributed by atoms with Gasteiger partial charge in [0.15, 0.2) is 9.84 Å². The number of ether oxygens (including phenoxy) is 1. The van der Waals surface area contributed by atoms with Gasteiger partial charge in [0.2, 0.25) is 0 Å². The molecule has 0 radical (unpaired) electrons. The van der Waals surface area contributed by atoms with Gasteiger partial charge in [-0.1, -0.05) is 17.7 Å². The van der Waals surface area contributed by atoms with E-state index in [-0.39, 0.29) is 12.0 Å². The lowest BCUT2D eigenvalue weighted by atomic mass is 10.00. The first kappa shape index (κ1) is 19.4. The third-order valence-electron chi connectivity index (χ3n) is 6.77. The minimum atomic E-state index is -3.42. The van der Waals surface area contributed by atoms with Gasteiger partial charge >= 0.3 is 0 Å². The van der Waals surface area contributed by atoms with Crippen molar-refractivity contribution in [2.45, 2.75) is 55.8 Å². The van der Waals surface area contributed by atoms with Crippen LogP contribution in [0.2, 0.25) is 0 Å². The van der Waals surface area contributed by atoms with E-state index in [0.29, 0.717) is 16.7 Å². The van der Waals surface area contributed by atoms with E-state index in [0.717, 1.165) is 63.1 Å². The second-order valence-electron chi connectivity index (χ2n) is 8.87. The minimum Gasteiger partial charge on any atom is -0.381 e. The van der Waals surface area contributed by atoms with Crippen LogP contribution >= 0.6 is 0 Å². The highest BCUT2D eigenvalue weighted by Crippen LogP contribution is 2.46. The van der Waals surface area contributed by atoms with E-state index in [4.69, 9.17) is 10.5 Å². The Kier molecular flexibility index (Phi) is 5.36. The molecule has 0 aromatic heterocycles. The van der Waals surface area contributed by atoms with Gasteiger partial charge in [-0.15, -0.1) is 0 Å². The van der Waals surface area contributed by atoms with Gasteiger partial charge in [-0.05, 0) is 68.9 Å². The molecule has 150 valence electrons. The number of sulfone groups is 1. The fourth-order valence-corrected chi connectivity index (χ4v) is 7.93. The van der Waals surface area contributed by atoms with Crippen LogP contribution in [0.15, 0.2) is 23.1 Å². The van der Waals surface area contributed by atoms with E-state index in [2.05, 4.69) is 4.90 Å². The summed E-state index contributed by atoms with van der Waals surface area (Å²) in [7, 11) is -3.42. The Hall–Kier alpha value is -0.950. The number of benzene rings is 1. The second kappa shape index (κ2) is 7.47. The molecule has 2 aliphatic heterocycles. The van der Waals surface area contributed by atoms with Crippen molar-refractivity contribution in [1.82, 2.24) is 4.90 Å². The monoisotopic (exact) mass is 392 g/mol. The summed E-state index contributed by atoms with van der Waals surface area (Å²) >= 11 is 0. The van der Waals surface area contributed by atoms with Crippen molar-refractivity contribution < 1.29 is 13.2 Å². The van der Waals surface area contributed by atoms with Crippen LogP contribution in [0.3, 0.4) is 0 Å². The Balaban J connectivity index is 1.66. The predicted octanol–water partition coefficient (Wildman–Crippen LogP) is 2.50. The number of aryl methyl sites for hydroxylation is 2. The Morgan fingerprint density at radius 1 is 1.19 bits per heavy atom. The molecule has 1 aromatic carbocycles. The number of hydrogen-bond acceptors (Lipinski definition) is 5. The Labute approximate surface area is 163 Å². The molecule has 4 rings (SSSR count). The molecule has 1 aliphatic carbocycles. The SMILES string of the molecule is Cc1ccc(S(=O)(=O)[C@H]2[C@H]3C[C@@H](N)C[C@@H]3CN2CC2CCOCC2)c(C)c1. The Morgan fingerprint density at radius 3 is 2.63 bits per heavy atom. The Morgan fingerprint density at radius 2 is 1.93 bits per heavy atom. The van der Waals surface area contributed by atoms with Crippen LogP contribution in [-0.4, -0.2) is 51.0 Å². The maximum atomic E-state index is 13.8. The van der Waals surface area contributed by atoms with E-state index in [1.165, 1.54) is 0 Å². The molecule has 5 nitrogen and oxygen atoms in total. The molecule has 3 fully saturated rings. The van der Waals surface area contributed by atoms with Crippen molar-refractivity contribution >= 4 is 9.84 Å². The number of rotatable bonds is 4. The zero-order valence-corrected chi connectivity index (χ0v) is 17.2. The lowest BCUT2D eigenvalue weighted by molar-refractivity contribution is 0.0528. The van der Waals surface area contributed by atoms with Crippen LogP contribution < -0.4 is 5.73 Å². The van der Waals surface area contributed by atoms with Gasteiger partial charge in [0.25, 0.3) is 0 Å². The molecular weight excluding hydrogens is 360 g/mol. The van der Waals surface area contributed by atoms with Gasteiger partial charge < -0.3 is 10.5 Å². The molecule has 2 saturated heterocycles. The van der Waals surface area contributed by atoms with Crippen LogP contribution in [0.4, 0.5) is 0 Å². The quantitative estimate of drug-likeness (QED) is 0.852. The first-order valence-corrected chi connectivity index (χ1v) is 11.8. The van der Waals surface area contributed by atoms with Gasteiger partial charge in [-0.25, -0.2) is 8.42 Å². The number of nitrogens with two attached hydrogens (primary N) is 1. The van der Waals surface area contributed by atoms with E-state index in [9.17, 15) is 8.42 Å². The third kappa shape index (κ3) is 3.69. The highest BCUT2D eigenvalue weighted by Gasteiger charge is 2.52. The summed E-state index contributed by atoms with van der Waals surface area (Å²) in [4.78, 5) is 2.77. The summed E-state index contributed by atoms with van der Waals surface area (Å²) < 4.78 is 33.0. The number of likely N-dealkylation sites (tertiary alicyclic amines) is 1. The molecule has 0 amide bonds. The van der Waals surface area contributed by atoms with Gasteiger partial charge in [0.1, 0.15) is 5.37 Å². The third-order valence-corrected chi connectivity index (χ3v) is 9.12. The average molecular weight is 393 g/mol. The molecule has 0 bridgehead atoms. The van der Waals surface area contributed by atoms with Crippen LogP contribution in [0.5, 0.6) is 0 Å². The van der Waals surface area contributed by atoms with Crippen LogP contribution in [0, 0.1) is 31.6 Å². The van der Waals surface area contributed by atoms with Crippen LogP contribution in [0.1, 0.15) is 36.8 Å². The summed E-state index contributed by atoms with van der Waals surface area (Å²) in [5.41, 5.74) is 8.17. The van der Waals surface area contributed by atoms with E-state index in [1.54, 1.807) is 6.07 Å². The zero-order chi connectivity index (χ0) is 19.2. The predicted molar refractivity (Wildman–Crippen MR) is 106 cm³/mol. The molecule has 0 spiro atoms. The summed E-state index contributed by atoms with van der Waals surface area (Å²) in [6, 6.07) is 5.83. The molecule has 4 atom stereocenters. The van der Waals surface area contributed by atoms with Crippen molar-refractivity contribution in [3.8, 4) is 0 Å². The summed E-state index contributed by atoms with van der Waals surface area (Å²) in [6.45, 7) is 7.23. The van der Waals surface area contributed by atoms with Gasteiger partial charge in [-0.3, -0.25) is 4.90 Å². The number of hydrogen-bond donors (Lipinski definition) is 1. The lowest BCUT2D eigenvalue weighted by Crippen LogP contribution is -2.43. The molecule has 27 heavy (non-hydrogen) atoms. The number of fused-ring (bicyclic) bond motifs is 1. The fourth-order valence-electron chi connectivity index (χ4n) is 5.55. The van der Waals surface area contributed by atoms with E-state index in [1.807, 2.05) is 26.0 Å². The highest BCUT2D eigenvalue weighted by molar-refractivity contribution is 7.92. The topological polar surface area (TPSA) is 72.6 Å². The van der Waals surface area contributed by atoms with Gasteiger partial charge in [0, 0.05) is 32.3 Å². The first-order chi connectivity index (χ1) is 12.9. The molecule has 0 unspecified atom stereocenters. The largest absolute Gasteiger partial charge is 0.381 e. The van der Waals surface area contributed by atoms with Crippen LogP contribution in [-0.2, 0) is 14.6 Å². The van der Waals surface area contributed by atoms with Crippen molar-refractivity contribution in [1.29, 1.82) is 0 Å².